The fourth-order valence-corrected chi connectivity index (χ4v) is 2.48. The molecule has 0 saturated heterocycles. The Labute approximate surface area is 127 Å². The molecule has 0 spiro atoms. The van der Waals surface area contributed by atoms with Gasteiger partial charge in [0.2, 0.25) is 0 Å². The van der Waals surface area contributed by atoms with Gasteiger partial charge < -0.3 is 5.11 Å². The highest BCUT2D eigenvalue weighted by molar-refractivity contribution is 9.10. The molecule has 1 unspecified atom stereocenters. The third-order valence-electron chi connectivity index (χ3n) is 2.82. The molecule has 0 aromatic heterocycles. The number of halogens is 5. The summed E-state index contributed by atoms with van der Waals surface area (Å²) in [6.07, 6.45) is -1.78. The molecule has 2 aromatic rings. The van der Waals surface area contributed by atoms with Gasteiger partial charge in [-0.1, -0.05) is 39.7 Å². The maximum absolute atomic E-state index is 13.7. The summed E-state index contributed by atoms with van der Waals surface area (Å²) in [7, 11) is 0. The summed E-state index contributed by atoms with van der Waals surface area (Å²) in [4.78, 5) is 0. The Bertz CT molecular complexity index is 625. The van der Waals surface area contributed by atoms with Crippen LogP contribution < -0.4 is 0 Å². The summed E-state index contributed by atoms with van der Waals surface area (Å²) in [6.45, 7) is 0. The van der Waals surface area contributed by atoms with Crippen molar-refractivity contribution in [1.82, 2.24) is 0 Å². The van der Waals surface area contributed by atoms with Crippen LogP contribution in [0.3, 0.4) is 0 Å². The van der Waals surface area contributed by atoms with Crippen LogP contribution in [0.5, 0.6) is 0 Å². The summed E-state index contributed by atoms with van der Waals surface area (Å²) in [6, 6.07) is 6.33. The first-order valence-corrected chi connectivity index (χ1v) is 6.82. The average molecular weight is 366 g/mol. The Kier molecular flexibility index (Phi) is 4.73. The van der Waals surface area contributed by atoms with Crippen molar-refractivity contribution in [2.45, 2.75) is 12.5 Å². The van der Waals surface area contributed by atoms with Crippen molar-refractivity contribution in [2.24, 2.45) is 0 Å². The summed E-state index contributed by atoms with van der Waals surface area (Å²) >= 11 is 8.56. The van der Waals surface area contributed by atoms with Gasteiger partial charge in [-0.2, -0.15) is 0 Å². The van der Waals surface area contributed by atoms with E-state index in [1.165, 1.54) is 18.2 Å². The molecule has 0 radical (unpaired) electrons. The Morgan fingerprint density at radius 2 is 1.75 bits per heavy atom. The van der Waals surface area contributed by atoms with Crippen molar-refractivity contribution in [3.63, 3.8) is 0 Å². The Morgan fingerprint density at radius 1 is 1.15 bits per heavy atom. The van der Waals surface area contributed by atoms with Crippen LogP contribution in [0.25, 0.3) is 0 Å². The molecular formula is C14H9BrClF3O. The molecule has 1 N–H and O–H groups in total. The highest BCUT2D eigenvalue weighted by atomic mass is 79.9. The average Bonchev–Trinajstić information content (AvgIpc) is 2.33. The van der Waals surface area contributed by atoms with Crippen molar-refractivity contribution < 1.29 is 18.3 Å². The molecule has 0 saturated carbocycles. The number of hydrogen-bond donors (Lipinski definition) is 1. The van der Waals surface area contributed by atoms with Crippen molar-refractivity contribution in [2.75, 3.05) is 0 Å². The highest BCUT2D eigenvalue weighted by Gasteiger charge is 2.21. The number of benzene rings is 2. The standard InChI is InChI=1S/C14H9BrClF3O/c15-8-5-10(17)13(11(18)6-8)12(20)4-7-2-1-3-9(16)14(7)19/h1-3,5-6,12,20H,4H2. The summed E-state index contributed by atoms with van der Waals surface area (Å²) in [5.74, 6) is -2.50. The summed E-state index contributed by atoms with van der Waals surface area (Å²) < 4.78 is 41.3. The van der Waals surface area contributed by atoms with Gasteiger partial charge in [0.05, 0.1) is 16.7 Å². The van der Waals surface area contributed by atoms with Gasteiger partial charge >= 0.3 is 0 Å². The van der Waals surface area contributed by atoms with Gasteiger partial charge in [0.1, 0.15) is 17.5 Å². The minimum absolute atomic E-state index is 0.0896. The molecule has 1 nitrogen and oxygen atoms in total. The largest absolute Gasteiger partial charge is 0.388 e. The molecule has 0 amide bonds. The van der Waals surface area contributed by atoms with E-state index in [-0.39, 0.29) is 21.5 Å². The number of hydrogen-bond acceptors (Lipinski definition) is 1. The molecular weight excluding hydrogens is 357 g/mol. The lowest BCUT2D eigenvalue weighted by molar-refractivity contribution is 0.167. The van der Waals surface area contributed by atoms with Gasteiger partial charge in [-0.25, -0.2) is 13.2 Å². The van der Waals surface area contributed by atoms with Gasteiger partial charge in [0.15, 0.2) is 0 Å². The third-order valence-corrected chi connectivity index (χ3v) is 3.57. The van der Waals surface area contributed by atoms with Crippen LogP contribution in [0.2, 0.25) is 5.02 Å². The quantitative estimate of drug-likeness (QED) is 0.829. The SMILES string of the molecule is OC(Cc1cccc(Cl)c1F)c1c(F)cc(Br)cc1F. The van der Waals surface area contributed by atoms with E-state index in [1.54, 1.807) is 0 Å². The second-order valence-electron chi connectivity index (χ2n) is 4.22. The van der Waals surface area contributed by atoms with Crippen LogP contribution in [0.1, 0.15) is 17.2 Å². The van der Waals surface area contributed by atoms with Crippen molar-refractivity contribution in [3.05, 3.63) is 68.4 Å². The van der Waals surface area contributed by atoms with Gasteiger partial charge in [-0.3, -0.25) is 0 Å². The fourth-order valence-electron chi connectivity index (χ4n) is 1.89. The number of aliphatic hydroxyl groups excluding tert-OH is 1. The Hall–Kier alpha value is -1.04. The minimum Gasteiger partial charge on any atom is -0.388 e. The van der Waals surface area contributed by atoms with E-state index < -0.39 is 29.1 Å². The van der Waals surface area contributed by atoms with Crippen molar-refractivity contribution >= 4 is 27.5 Å². The van der Waals surface area contributed by atoms with E-state index in [1.807, 2.05) is 0 Å². The van der Waals surface area contributed by atoms with Crippen molar-refractivity contribution in [3.8, 4) is 0 Å². The van der Waals surface area contributed by atoms with Gasteiger partial charge in [0, 0.05) is 10.9 Å². The van der Waals surface area contributed by atoms with Crippen molar-refractivity contribution in [1.29, 1.82) is 0 Å². The maximum atomic E-state index is 13.7. The second kappa shape index (κ2) is 6.16. The van der Waals surface area contributed by atoms with E-state index in [2.05, 4.69) is 15.9 Å². The zero-order valence-electron chi connectivity index (χ0n) is 10.0. The predicted octanol–water partition coefficient (Wildman–Crippen LogP) is 4.80. The molecule has 2 aromatic carbocycles. The van der Waals surface area contributed by atoms with Crippen LogP contribution in [-0.4, -0.2) is 5.11 Å². The topological polar surface area (TPSA) is 20.2 Å². The molecule has 0 fully saturated rings. The number of aliphatic hydroxyl groups is 1. The zero-order chi connectivity index (χ0) is 14.9. The van der Waals surface area contributed by atoms with Gasteiger partial charge in [-0.15, -0.1) is 0 Å². The molecule has 106 valence electrons. The summed E-state index contributed by atoms with van der Waals surface area (Å²) in [5, 5.41) is 9.83. The molecule has 0 aliphatic rings. The van der Waals surface area contributed by atoms with E-state index in [9.17, 15) is 18.3 Å². The Morgan fingerprint density at radius 3 is 2.35 bits per heavy atom. The molecule has 2 rings (SSSR count). The maximum Gasteiger partial charge on any atom is 0.145 e. The van der Waals surface area contributed by atoms with Crippen LogP contribution in [0.4, 0.5) is 13.2 Å². The lowest BCUT2D eigenvalue weighted by Crippen LogP contribution is -2.08. The van der Waals surface area contributed by atoms with Crippen LogP contribution in [0.15, 0.2) is 34.8 Å². The second-order valence-corrected chi connectivity index (χ2v) is 5.54. The van der Waals surface area contributed by atoms with Gasteiger partial charge in [-0.05, 0) is 23.8 Å². The highest BCUT2D eigenvalue weighted by Crippen LogP contribution is 2.29. The fraction of sp³-hybridized carbons (Fsp3) is 0.143. The van der Waals surface area contributed by atoms with Crippen LogP contribution >= 0.6 is 27.5 Å². The summed E-state index contributed by atoms with van der Waals surface area (Å²) in [5.41, 5.74) is -0.403. The smallest absolute Gasteiger partial charge is 0.145 e. The predicted molar refractivity (Wildman–Crippen MR) is 74.1 cm³/mol. The third kappa shape index (κ3) is 3.16. The van der Waals surface area contributed by atoms with E-state index in [0.29, 0.717) is 0 Å². The number of rotatable bonds is 3. The first-order chi connectivity index (χ1) is 9.40. The molecule has 0 heterocycles. The molecule has 20 heavy (non-hydrogen) atoms. The Balaban J connectivity index is 2.33. The van der Waals surface area contributed by atoms with E-state index in [0.717, 1.165) is 12.1 Å². The lowest BCUT2D eigenvalue weighted by Gasteiger charge is -2.14. The van der Waals surface area contributed by atoms with Crippen LogP contribution in [-0.2, 0) is 6.42 Å². The monoisotopic (exact) mass is 364 g/mol. The van der Waals surface area contributed by atoms with E-state index in [4.69, 9.17) is 11.6 Å². The first-order valence-electron chi connectivity index (χ1n) is 5.65. The molecule has 0 bridgehead atoms. The van der Waals surface area contributed by atoms with E-state index >= 15 is 0 Å². The van der Waals surface area contributed by atoms with Gasteiger partial charge in [0.25, 0.3) is 0 Å². The molecule has 0 aliphatic carbocycles. The molecule has 1 atom stereocenters. The molecule has 6 heteroatoms. The lowest BCUT2D eigenvalue weighted by atomic mass is 10.00. The molecule has 0 aliphatic heterocycles. The normalized spacial score (nSPS) is 12.5. The minimum atomic E-state index is -1.50. The zero-order valence-corrected chi connectivity index (χ0v) is 12.4. The first kappa shape index (κ1) is 15.4. The van der Waals surface area contributed by atoms with Crippen LogP contribution in [0, 0.1) is 17.5 Å².